The van der Waals surface area contributed by atoms with Crippen molar-refractivity contribution >= 4 is 11.7 Å². The average molecular weight is 362 g/mol. The summed E-state index contributed by atoms with van der Waals surface area (Å²) in [7, 11) is 0. The third-order valence-corrected chi connectivity index (χ3v) is 4.87. The van der Waals surface area contributed by atoms with Gasteiger partial charge in [0, 0.05) is 42.8 Å². The molecule has 3 rings (SSSR count). The minimum atomic E-state index is -1.07. The van der Waals surface area contributed by atoms with Crippen LogP contribution >= 0.6 is 0 Å². The minimum absolute atomic E-state index is 0.0111. The Morgan fingerprint density at radius 2 is 1.85 bits per heavy atom. The quantitative estimate of drug-likeness (QED) is 0.877. The first-order chi connectivity index (χ1) is 12.3. The zero-order valence-corrected chi connectivity index (χ0v) is 14.0. The highest BCUT2D eigenvalue weighted by Crippen LogP contribution is 2.35. The summed E-state index contributed by atoms with van der Waals surface area (Å²) >= 11 is 0. The van der Waals surface area contributed by atoms with Crippen LogP contribution < -0.4 is 11.1 Å². The monoisotopic (exact) mass is 362 g/mol. The van der Waals surface area contributed by atoms with Crippen molar-refractivity contribution in [3.8, 4) is 0 Å². The van der Waals surface area contributed by atoms with Gasteiger partial charge in [-0.2, -0.15) is 0 Å². The number of halogens is 3. The first-order valence-electron chi connectivity index (χ1n) is 8.04. The van der Waals surface area contributed by atoms with Crippen LogP contribution in [0.3, 0.4) is 0 Å². The molecule has 2 aromatic rings. The zero-order valence-electron chi connectivity index (χ0n) is 14.0. The second kappa shape index (κ2) is 6.57. The van der Waals surface area contributed by atoms with Gasteiger partial charge in [-0.05, 0) is 30.2 Å². The standard InChI is InChI=1S/C19H17F3N2O2/c1-19(9-23)14-3-2-10(4-11(14)5-17(19)25)18(26)24-8-13-15(21)6-12(20)7-16(13)22/h2-4,6-7H,5,8-9,23H2,1H3,(H,24,26). The Labute approximate surface area is 148 Å². The van der Waals surface area contributed by atoms with E-state index in [9.17, 15) is 22.8 Å². The van der Waals surface area contributed by atoms with E-state index >= 15 is 0 Å². The molecule has 1 aliphatic carbocycles. The number of hydrogen-bond acceptors (Lipinski definition) is 3. The Kier molecular flexibility index (Phi) is 4.58. The molecule has 2 aromatic carbocycles. The predicted molar refractivity (Wildman–Crippen MR) is 89.0 cm³/mol. The number of hydrogen-bond donors (Lipinski definition) is 2. The third-order valence-electron chi connectivity index (χ3n) is 4.87. The lowest BCUT2D eigenvalue weighted by atomic mass is 9.83. The van der Waals surface area contributed by atoms with Crippen LogP contribution in [0.25, 0.3) is 0 Å². The summed E-state index contributed by atoms with van der Waals surface area (Å²) in [5, 5.41) is 2.40. The van der Waals surface area contributed by atoms with Gasteiger partial charge >= 0.3 is 0 Å². The van der Waals surface area contributed by atoms with E-state index in [1.54, 1.807) is 19.1 Å². The van der Waals surface area contributed by atoms with Crippen molar-refractivity contribution in [3.63, 3.8) is 0 Å². The first-order valence-corrected chi connectivity index (χ1v) is 8.04. The SMILES string of the molecule is CC1(CN)C(=O)Cc2cc(C(=O)NCc3c(F)cc(F)cc3F)ccc21. The van der Waals surface area contributed by atoms with Gasteiger partial charge < -0.3 is 11.1 Å². The van der Waals surface area contributed by atoms with Gasteiger partial charge in [0.05, 0.1) is 5.41 Å². The lowest BCUT2D eigenvalue weighted by molar-refractivity contribution is -0.122. The molecule has 0 saturated heterocycles. The molecule has 0 radical (unpaired) electrons. The molecule has 7 heteroatoms. The zero-order chi connectivity index (χ0) is 19.1. The van der Waals surface area contributed by atoms with Crippen LogP contribution in [0, 0.1) is 17.5 Å². The van der Waals surface area contributed by atoms with Gasteiger partial charge in [0.25, 0.3) is 5.91 Å². The van der Waals surface area contributed by atoms with Crippen molar-refractivity contribution in [1.82, 2.24) is 5.32 Å². The van der Waals surface area contributed by atoms with Crippen LogP contribution in [-0.2, 0) is 23.2 Å². The Morgan fingerprint density at radius 3 is 2.46 bits per heavy atom. The van der Waals surface area contributed by atoms with Crippen LogP contribution in [-0.4, -0.2) is 18.2 Å². The number of rotatable bonds is 4. The highest BCUT2D eigenvalue weighted by Gasteiger charge is 2.41. The number of benzene rings is 2. The molecule has 136 valence electrons. The number of carbonyl (C=O) groups excluding carboxylic acids is 2. The van der Waals surface area contributed by atoms with E-state index in [4.69, 9.17) is 5.73 Å². The normalized spacial score (nSPS) is 18.7. The molecule has 0 heterocycles. The molecule has 1 amide bonds. The van der Waals surface area contributed by atoms with Crippen molar-refractivity contribution in [2.45, 2.75) is 25.3 Å². The second-order valence-electron chi connectivity index (χ2n) is 6.54. The van der Waals surface area contributed by atoms with Crippen molar-refractivity contribution in [2.24, 2.45) is 5.73 Å². The Morgan fingerprint density at radius 1 is 1.19 bits per heavy atom. The van der Waals surface area contributed by atoms with E-state index in [0.29, 0.717) is 12.1 Å². The number of nitrogens with two attached hydrogens (primary N) is 1. The van der Waals surface area contributed by atoms with E-state index in [1.807, 2.05) is 0 Å². The lowest BCUT2D eigenvalue weighted by Gasteiger charge is -2.21. The summed E-state index contributed by atoms with van der Waals surface area (Å²) < 4.78 is 40.2. The van der Waals surface area contributed by atoms with E-state index in [1.165, 1.54) is 6.07 Å². The van der Waals surface area contributed by atoms with Gasteiger partial charge in [0.2, 0.25) is 0 Å². The van der Waals surface area contributed by atoms with Crippen LogP contribution in [0.1, 0.15) is 34.0 Å². The molecule has 0 spiro atoms. The van der Waals surface area contributed by atoms with Gasteiger partial charge in [0.1, 0.15) is 23.2 Å². The van der Waals surface area contributed by atoms with Crippen LogP contribution in [0.15, 0.2) is 30.3 Å². The van der Waals surface area contributed by atoms with Gasteiger partial charge in [-0.1, -0.05) is 6.07 Å². The largest absolute Gasteiger partial charge is 0.348 e. The Balaban J connectivity index is 1.79. The van der Waals surface area contributed by atoms with E-state index < -0.39 is 40.9 Å². The minimum Gasteiger partial charge on any atom is -0.348 e. The van der Waals surface area contributed by atoms with Gasteiger partial charge in [-0.15, -0.1) is 0 Å². The molecule has 0 bridgehead atoms. The van der Waals surface area contributed by atoms with Crippen LogP contribution in [0.4, 0.5) is 13.2 Å². The lowest BCUT2D eigenvalue weighted by Crippen LogP contribution is -2.36. The average Bonchev–Trinajstić information content (AvgIpc) is 2.84. The number of carbonyl (C=O) groups is 2. The molecule has 3 N–H and O–H groups in total. The van der Waals surface area contributed by atoms with E-state index in [2.05, 4.69) is 5.32 Å². The highest BCUT2D eigenvalue weighted by atomic mass is 19.1. The molecule has 1 aliphatic rings. The molecule has 1 unspecified atom stereocenters. The highest BCUT2D eigenvalue weighted by molar-refractivity contribution is 5.99. The van der Waals surface area contributed by atoms with Crippen molar-refractivity contribution < 1.29 is 22.8 Å². The van der Waals surface area contributed by atoms with Crippen molar-refractivity contribution in [3.05, 3.63) is 70.0 Å². The Hall–Kier alpha value is -2.67. The molecule has 4 nitrogen and oxygen atoms in total. The number of ketones is 1. The number of fused-ring (bicyclic) bond motifs is 1. The van der Waals surface area contributed by atoms with Crippen LogP contribution in [0.5, 0.6) is 0 Å². The molecular formula is C19H17F3N2O2. The van der Waals surface area contributed by atoms with E-state index in [0.717, 1.165) is 11.1 Å². The van der Waals surface area contributed by atoms with Gasteiger partial charge in [-0.25, -0.2) is 13.2 Å². The summed E-state index contributed by atoms with van der Waals surface area (Å²) in [5.41, 5.74) is 6.31. The maximum atomic E-state index is 13.6. The number of nitrogens with one attached hydrogen (secondary N) is 1. The van der Waals surface area contributed by atoms with Gasteiger partial charge in [-0.3, -0.25) is 9.59 Å². The van der Waals surface area contributed by atoms with Crippen molar-refractivity contribution in [1.29, 1.82) is 0 Å². The van der Waals surface area contributed by atoms with Gasteiger partial charge in [0.15, 0.2) is 0 Å². The molecule has 0 saturated carbocycles. The summed E-state index contributed by atoms with van der Waals surface area (Å²) in [6, 6.07) is 5.92. The molecule has 0 aliphatic heterocycles. The molecule has 1 atom stereocenters. The van der Waals surface area contributed by atoms with E-state index in [-0.39, 0.29) is 24.3 Å². The fourth-order valence-electron chi connectivity index (χ4n) is 3.17. The fourth-order valence-corrected chi connectivity index (χ4v) is 3.17. The Bertz CT molecular complexity index is 891. The molecular weight excluding hydrogens is 345 g/mol. The molecule has 0 aromatic heterocycles. The van der Waals surface area contributed by atoms with Crippen LogP contribution in [0.2, 0.25) is 0 Å². The fraction of sp³-hybridized carbons (Fsp3) is 0.263. The summed E-state index contributed by atoms with van der Waals surface area (Å²) in [6.07, 6.45) is 0.186. The predicted octanol–water partition coefficient (Wildman–Crippen LogP) is 2.38. The summed E-state index contributed by atoms with van der Waals surface area (Å²) in [6.45, 7) is 1.52. The number of amides is 1. The maximum Gasteiger partial charge on any atom is 0.251 e. The third kappa shape index (κ3) is 2.99. The molecule has 0 fully saturated rings. The summed E-state index contributed by atoms with van der Waals surface area (Å²) in [5.74, 6) is -3.73. The smallest absolute Gasteiger partial charge is 0.251 e. The van der Waals surface area contributed by atoms with Crippen molar-refractivity contribution in [2.75, 3.05) is 6.54 Å². The number of Topliss-reactive ketones (excluding diaryl/α,β-unsaturated/α-hetero) is 1. The second-order valence-corrected chi connectivity index (χ2v) is 6.54. The summed E-state index contributed by atoms with van der Waals surface area (Å²) in [4.78, 5) is 24.5. The topological polar surface area (TPSA) is 72.2 Å². The first kappa shape index (κ1) is 18.1. The molecule has 26 heavy (non-hydrogen) atoms. The maximum absolute atomic E-state index is 13.6.